The number of halogens is 1. The maximum absolute atomic E-state index is 13.2. The lowest BCUT2D eigenvalue weighted by Crippen LogP contribution is -2.32. The zero-order valence-corrected chi connectivity index (χ0v) is 20.1. The van der Waals surface area contributed by atoms with Crippen molar-refractivity contribution in [2.45, 2.75) is 26.3 Å². The first-order chi connectivity index (χ1) is 15.6. The Labute approximate surface area is 197 Å². The van der Waals surface area contributed by atoms with E-state index in [-0.39, 0.29) is 17.0 Å². The number of nitrogens with zero attached hydrogens (tertiary/aromatic N) is 2. The van der Waals surface area contributed by atoms with E-state index in [1.54, 1.807) is 38.1 Å². The van der Waals surface area contributed by atoms with Crippen molar-refractivity contribution in [1.82, 2.24) is 14.8 Å². The van der Waals surface area contributed by atoms with Crippen molar-refractivity contribution in [3.05, 3.63) is 62.9 Å². The molecular formula is C24H28ClN3O5. The van der Waals surface area contributed by atoms with E-state index in [0.717, 1.165) is 6.54 Å². The molecule has 0 unspecified atom stereocenters. The number of aliphatic hydroxyl groups excluding tert-OH is 1. The lowest BCUT2D eigenvalue weighted by atomic mass is 9.94. The van der Waals surface area contributed by atoms with E-state index >= 15 is 0 Å². The molecule has 1 fully saturated rings. The van der Waals surface area contributed by atoms with Crippen LogP contribution in [0.3, 0.4) is 0 Å². The van der Waals surface area contributed by atoms with E-state index < -0.39 is 23.7 Å². The van der Waals surface area contributed by atoms with Crippen LogP contribution in [-0.2, 0) is 14.3 Å². The van der Waals surface area contributed by atoms with Crippen LogP contribution in [0.2, 0.25) is 5.02 Å². The number of carbonyl (C=O) groups excluding carboxylic acids is 3. The second-order valence-corrected chi connectivity index (χ2v) is 8.76. The van der Waals surface area contributed by atoms with Gasteiger partial charge in [-0.15, -0.1) is 0 Å². The predicted octanol–water partition coefficient (Wildman–Crippen LogP) is 3.44. The van der Waals surface area contributed by atoms with Crippen LogP contribution in [0, 0.1) is 13.8 Å². The molecule has 1 aliphatic heterocycles. The molecular weight excluding hydrogens is 446 g/mol. The molecule has 3 rings (SSSR count). The normalized spacial score (nSPS) is 17.8. The Morgan fingerprint density at radius 2 is 1.97 bits per heavy atom. The summed E-state index contributed by atoms with van der Waals surface area (Å²) < 4.78 is 4.80. The number of esters is 1. The van der Waals surface area contributed by atoms with Crippen LogP contribution in [0.15, 0.2) is 29.8 Å². The largest absolute Gasteiger partial charge is 0.507 e. The Kier molecular flexibility index (Phi) is 7.29. The lowest BCUT2D eigenvalue weighted by Gasteiger charge is -2.26. The summed E-state index contributed by atoms with van der Waals surface area (Å²) in [5.41, 5.74) is 1.97. The first-order valence-corrected chi connectivity index (χ1v) is 10.9. The maximum atomic E-state index is 13.2. The van der Waals surface area contributed by atoms with Crippen molar-refractivity contribution in [3.63, 3.8) is 0 Å². The van der Waals surface area contributed by atoms with Crippen molar-refractivity contribution in [1.29, 1.82) is 0 Å². The molecule has 2 N–H and O–H groups in total. The number of aliphatic hydroxyl groups is 1. The molecule has 176 valence electrons. The summed E-state index contributed by atoms with van der Waals surface area (Å²) in [4.78, 5) is 44.7. The standard InChI is InChI=1S/C24H28ClN3O5/c1-13-17(14(2)26-19(13)24(32)33-5)21(29)18-20(15-8-6-9-16(25)12-15)28(23(31)22(18)30)11-7-10-27(3)4/h6,8-9,12,20,26,29H,7,10-11H2,1-5H3/b21-18+/t20-/m0/s1. The first-order valence-electron chi connectivity index (χ1n) is 10.5. The number of Topliss-reactive ketones (excluding diaryl/α,β-unsaturated/α-hetero) is 1. The van der Waals surface area contributed by atoms with Crippen LogP contribution in [0.4, 0.5) is 0 Å². The number of rotatable bonds is 7. The molecule has 0 bridgehead atoms. The predicted molar refractivity (Wildman–Crippen MR) is 125 cm³/mol. The molecule has 0 saturated carbocycles. The van der Waals surface area contributed by atoms with Gasteiger partial charge in [0.15, 0.2) is 0 Å². The Morgan fingerprint density at radius 3 is 2.58 bits per heavy atom. The Bertz CT molecular complexity index is 1140. The van der Waals surface area contributed by atoms with Gasteiger partial charge in [0.2, 0.25) is 0 Å². The van der Waals surface area contributed by atoms with Crippen LogP contribution in [0.25, 0.3) is 5.76 Å². The van der Waals surface area contributed by atoms with Crippen molar-refractivity contribution < 1.29 is 24.2 Å². The SMILES string of the molecule is COC(=O)c1[nH]c(C)c(/C(O)=C2\C(=O)C(=O)N(CCCN(C)C)[C@H]2c2cccc(Cl)c2)c1C. The van der Waals surface area contributed by atoms with Gasteiger partial charge in [-0.25, -0.2) is 4.79 Å². The van der Waals surface area contributed by atoms with Crippen LogP contribution in [0.5, 0.6) is 0 Å². The smallest absolute Gasteiger partial charge is 0.354 e. The molecule has 1 saturated heterocycles. The number of aromatic amines is 1. The minimum absolute atomic E-state index is 0.0336. The van der Waals surface area contributed by atoms with E-state index in [9.17, 15) is 19.5 Å². The third-order valence-corrected chi connectivity index (χ3v) is 6.01. The van der Waals surface area contributed by atoms with Gasteiger partial charge in [-0.05, 0) is 64.2 Å². The quantitative estimate of drug-likeness (QED) is 0.276. The molecule has 33 heavy (non-hydrogen) atoms. The van der Waals surface area contributed by atoms with Crippen molar-refractivity contribution in [3.8, 4) is 0 Å². The summed E-state index contributed by atoms with van der Waals surface area (Å²) in [6, 6.07) is 6.08. The number of ketones is 1. The number of nitrogens with one attached hydrogen (secondary N) is 1. The lowest BCUT2D eigenvalue weighted by molar-refractivity contribution is -0.139. The summed E-state index contributed by atoms with van der Waals surface area (Å²) in [6.07, 6.45) is 0.645. The fourth-order valence-corrected chi connectivity index (χ4v) is 4.44. The van der Waals surface area contributed by atoms with Crippen LogP contribution in [0.1, 0.15) is 45.3 Å². The monoisotopic (exact) mass is 473 g/mol. The number of hydrogen-bond donors (Lipinski definition) is 2. The third-order valence-electron chi connectivity index (χ3n) is 5.77. The number of benzene rings is 1. The molecule has 1 amide bonds. The van der Waals surface area contributed by atoms with Gasteiger partial charge < -0.3 is 24.6 Å². The van der Waals surface area contributed by atoms with E-state index in [0.29, 0.717) is 40.4 Å². The molecule has 1 aliphatic rings. The fourth-order valence-electron chi connectivity index (χ4n) is 4.24. The van der Waals surface area contributed by atoms with Gasteiger partial charge in [0.25, 0.3) is 11.7 Å². The molecule has 2 aromatic rings. The highest BCUT2D eigenvalue weighted by molar-refractivity contribution is 6.46. The molecule has 1 atom stereocenters. The van der Waals surface area contributed by atoms with E-state index in [2.05, 4.69) is 4.98 Å². The molecule has 0 radical (unpaired) electrons. The van der Waals surface area contributed by atoms with Crippen LogP contribution >= 0.6 is 11.6 Å². The average molecular weight is 474 g/mol. The van der Waals surface area contributed by atoms with Crippen molar-refractivity contribution in [2.24, 2.45) is 0 Å². The number of hydrogen-bond acceptors (Lipinski definition) is 6. The molecule has 1 aromatic carbocycles. The third kappa shape index (κ3) is 4.67. The summed E-state index contributed by atoms with van der Waals surface area (Å²) in [6.45, 7) is 4.38. The fraction of sp³-hybridized carbons (Fsp3) is 0.375. The van der Waals surface area contributed by atoms with Crippen molar-refractivity contribution in [2.75, 3.05) is 34.3 Å². The minimum Gasteiger partial charge on any atom is -0.507 e. The number of carbonyl (C=O) groups is 3. The van der Waals surface area contributed by atoms with Crippen LogP contribution in [-0.4, -0.2) is 71.8 Å². The first kappa shape index (κ1) is 24.5. The highest BCUT2D eigenvalue weighted by atomic mass is 35.5. The second-order valence-electron chi connectivity index (χ2n) is 8.32. The summed E-state index contributed by atoms with van der Waals surface area (Å²) in [5, 5.41) is 11.8. The highest BCUT2D eigenvalue weighted by Crippen LogP contribution is 2.41. The molecule has 9 heteroatoms. The Balaban J connectivity index is 2.18. The number of methoxy groups -OCH3 is 1. The second kappa shape index (κ2) is 9.80. The average Bonchev–Trinajstić information content (AvgIpc) is 3.20. The minimum atomic E-state index is -0.805. The Morgan fingerprint density at radius 1 is 1.27 bits per heavy atom. The molecule has 1 aromatic heterocycles. The molecule has 2 heterocycles. The molecule has 0 aliphatic carbocycles. The highest BCUT2D eigenvalue weighted by Gasteiger charge is 2.46. The summed E-state index contributed by atoms with van der Waals surface area (Å²) >= 11 is 6.21. The van der Waals surface area contributed by atoms with E-state index in [1.165, 1.54) is 12.0 Å². The zero-order valence-electron chi connectivity index (χ0n) is 19.4. The number of H-pyrrole nitrogens is 1. The van der Waals surface area contributed by atoms with Gasteiger partial charge in [0.05, 0.1) is 18.7 Å². The topological polar surface area (TPSA) is 103 Å². The van der Waals surface area contributed by atoms with Gasteiger partial charge in [0.1, 0.15) is 11.5 Å². The van der Waals surface area contributed by atoms with Crippen LogP contribution < -0.4 is 0 Å². The number of aryl methyl sites for hydroxylation is 1. The van der Waals surface area contributed by atoms with Gasteiger partial charge in [-0.2, -0.15) is 0 Å². The maximum Gasteiger partial charge on any atom is 0.354 e. The zero-order chi connectivity index (χ0) is 24.4. The van der Waals surface area contributed by atoms with Gasteiger partial charge in [-0.1, -0.05) is 23.7 Å². The van der Waals surface area contributed by atoms with E-state index in [1.807, 2.05) is 19.0 Å². The number of likely N-dealkylation sites (tertiary alicyclic amines) is 1. The van der Waals surface area contributed by atoms with Gasteiger partial charge in [-0.3, -0.25) is 9.59 Å². The molecule has 8 nitrogen and oxygen atoms in total. The van der Waals surface area contributed by atoms with Gasteiger partial charge >= 0.3 is 5.97 Å². The number of ether oxygens (including phenoxy) is 1. The Hall–Kier alpha value is -3.10. The van der Waals surface area contributed by atoms with E-state index in [4.69, 9.17) is 16.3 Å². The summed E-state index contributed by atoms with van der Waals surface area (Å²) in [7, 11) is 5.12. The summed E-state index contributed by atoms with van der Waals surface area (Å²) in [5.74, 6) is -2.39. The van der Waals surface area contributed by atoms with Crippen molar-refractivity contribution >= 4 is 35.0 Å². The molecule has 0 spiro atoms. The number of aromatic nitrogens is 1. The number of amides is 1. The van der Waals surface area contributed by atoms with Gasteiger partial charge in [0, 0.05) is 22.8 Å².